The van der Waals surface area contributed by atoms with Crippen molar-refractivity contribution >= 4 is 11.7 Å². The van der Waals surface area contributed by atoms with Gasteiger partial charge in [-0.1, -0.05) is 18.2 Å². The van der Waals surface area contributed by atoms with Crippen LogP contribution >= 0.6 is 0 Å². The molecule has 0 bridgehead atoms. The van der Waals surface area contributed by atoms with Gasteiger partial charge in [0.2, 0.25) is 0 Å². The van der Waals surface area contributed by atoms with Crippen LogP contribution < -0.4 is 10.2 Å². The molecule has 0 saturated heterocycles. The first-order chi connectivity index (χ1) is 8.34. The Bertz CT molecular complexity index is 414. The molecule has 0 atom stereocenters. The third kappa shape index (κ3) is 3.74. The van der Waals surface area contributed by atoms with Gasteiger partial charge in [0.05, 0.1) is 5.41 Å². The average Bonchev–Trinajstić information content (AvgIpc) is 2.29. The molecule has 100 valence electrons. The molecule has 4 nitrogen and oxygen atoms in total. The fourth-order valence-electron chi connectivity index (χ4n) is 1.68. The Hall–Kier alpha value is -1.55. The summed E-state index contributed by atoms with van der Waals surface area (Å²) in [6.07, 6.45) is 0. The molecular formula is C14H22N2O2. The zero-order valence-corrected chi connectivity index (χ0v) is 11.5. The second kappa shape index (κ2) is 5.87. The van der Waals surface area contributed by atoms with Crippen molar-refractivity contribution in [3.8, 4) is 0 Å². The topological polar surface area (TPSA) is 52.6 Å². The molecule has 0 fully saturated rings. The number of nitrogens with zero attached hydrogens (tertiary/aromatic N) is 1. The maximum absolute atomic E-state index is 11.0. The third-order valence-corrected chi connectivity index (χ3v) is 2.93. The smallest absolute Gasteiger partial charge is 0.310 e. The van der Waals surface area contributed by atoms with E-state index in [9.17, 15) is 4.79 Å². The molecule has 0 unspecified atom stereocenters. The number of aliphatic carboxylic acids is 1. The Labute approximate surface area is 109 Å². The molecule has 1 aromatic rings. The minimum absolute atomic E-state index is 0.449. The van der Waals surface area contributed by atoms with Crippen molar-refractivity contribution in [2.75, 3.05) is 25.5 Å². The fourth-order valence-corrected chi connectivity index (χ4v) is 1.68. The first-order valence-electron chi connectivity index (χ1n) is 6.04. The summed E-state index contributed by atoms with van der Waals surface area (Å²) in [5.41, 5.74) is 1.58. The molecule has 0 aromatic heterocycles. The second-order valence-corrected chi connectivity index (χ2v) is 5.32. The van der Waals surface area contributed by atoms with Crippen LogP contribution in [0.15, 0.2) is 24.3 Å². The monoisotopic (exact) mass is 250 g/mol. The van der Waals surface area contributed by atoms with Crippen molar-refractivity contribution in [3.63, 3.8) is 0 Å². The fraction of sp³-hybridized carbons (Fsp3) is 0.500. The number of rotatable bonds is 6. The number of hydrogen-bond donors (Lipinski definition) is 2. The first kappa shape index (κ1) is 14.5. The predicted molar refractivity (Wildman–Crippen MR) is 73.9 cm³/mol. The van der Waals surface area contributed by atoms with E-state index >= 15 is 0 Å². The van der Waals surface area contributed by atoms with Crippen LogP contribution in [-0.4, -0.2) is 31.7 Å². The largest absolute Gasteiger partial charge is 0.481 e. The molecule has 18 heavy (non-hydrogen) atoms. The van der Waals surface area contributed by atoms with E-state index in [4.69, 9.17) is 5.11 Å². The average molecular weight is 250 g/mol. The van der Waals surface area contributed by atoms with E-state index in [0.717, 1.165) is 5.69 Å². The number of hydrogen-bond acceptors (Lipinski definition) is 3. The summed E-state index contributed by atoms with van der Waals surface area (Å²) < 4.78 is 0. The summed E-state index contributed by atoms with van der Waals surface area (Å²) in [6, 6.07) is 8.10. The highest BCUT2D eigenvalue weighted by Gasteiger charge is 2.26. The number of carboxylic acids is 1. The summed E-state index contributed by atoms with van der Waals surface area (Å²) in [7, 11) is 4.00. The Morgan fingerprint density at radius 1 is 1.33 bits per heavy atom. The van der Waals surface area contributed by atoms with Gasteiger partial charge in [0, 0.05) is 32.9 Å². The van der Waals surface area contributed by atoms with Gasteiger partial charge in [-0.3, -0.25) is 4.79 Å². The Morgan fingerprint density at radius 3 is 2.50 bits per heavy atom. The molecule has 0 aliphatic carbocycles. The number of anilines is 1. The second-order valence-electron chi connectivity index (χ2n) is 5.32. The number of carboxylic acid groups (broad SMARTS) is 1. The van der Waals surface area contributed by atoms with Crippen molar-refractivity contribution in [3.05, 3.63) is 29.8 Å². The molecule has 0 amide bonds. The molecule has 2 N–H and O–H groups in total. The lowest BCUT2D eigenvalue weighted by molar-refractivity contribution is -0.146. The molecule has 1 aromatic carbocycles. The number of carbonyl (C=O) groups is 1. The Balaban J connectivity index is 2.62. The SMILES string of the molecule is CN(C)c1ccccc1CNCC(C)(C)C(=O)O. The van der Waals surface area contributed by atoms with Crippen LogP contribution in [0.5, 0.6) is 0 Å². The summed E-state index contributed by atoms with van der Waals surface area (Å²) in [4.78, 5) is 13.0. The van der Waals surface area contributed by atoms with Crippen LogP contribution in [0.25, 0.3) is 0 Å². The Morgan fingerprint density at radius 2 is 1.94 bits per heavy atom. The van der Waals surface area contributed by atoms with Gasteiger partial charge in [0.15, 0.2) is 0 Å². The van der Waals surface area contributed by atoms with Crippen molar-refractivity contribution in [2.24, 2.45) is 5.41 Å². The molecule has 1 rings (SSSR count). The highest BCUT2D eigenvalue weighted by atomic mass is 16.4. The molecule has 0 aliphatic rings. The zero-order chi connectivity index (χ0) is 13.8. The highest BCUT2D eigenvalue weighted by molar-refractivity contribution is 5.73. The van der Waals surface area contributed by atoms with E-state index in [1.165, 1.54) is 5.56 Å². The van der Waals surface area contributed by atoms with Crippen LogP contribution in [0.3, 0.4) is 0 Å². The molecule has 0 heterocycles. The highest BCUT2D eigenvalue weighted by Crippen LogP contribution is 2.18. The number of benzene rings is 1. The van der Waals surface area contributed by atoms with Gasteiger partial charge in [-0.2, -0.15) is 0 Å². The van der Waals surface area contributed by atoms with Gasteiger partial charge >= 0.3 is 5.97 Å². The quantitative estimate of drug-likeness (QED) is 0.810. The van der Waals surface area contributed by atoms with Gasteiger partial charge in [-0.15, -0.1) is 0 Å². The third-order valence-electron chi connectivity index (χ3n) is 2.93. The molecule has 4 heteroatoms. The summed E-state index contributed by atoms with van der Waals surface area (Å²) in [6.45, 7) is 4.57. The molecule has 0 radical (unpaired) electrons. The minimum atomic E-state index is -0.782. The van der Waals surface area contributed by atoms with Crippen LogP contribution in [0.4, 0.5) is 5.69 Å². The van der Waals surface area contributed by atoms with Crippen LogP contribution in [0, 0.1) is 5.41 Å². The number of nitrogens with one attached hydrogen (secondary N) is 1. The van der Waals surface area contributed by atoms with Crippen molar-refractivity contribution in [1.82, 2.24) is 5.32 Å². The molecule has 0 aliphatic heterocycles. The van der Waals surface area contributed by atoms with E-state index in [1.807, 2.05) is 26.2 Å². The standard InChI is InChI=1S/C14H22N2O2/c1-14(2,13(17)18)10-15-9-11-7-5-6-8-12(11)16(3)4/h5-8,15H,9-10H2,1-4H3,(H,17,18). The lowest BCUT2D eigenvalue weighted by Crippen LogP contribution is -2.35. The minimum Gasteiger partial charge on any atom is -0.481 e. The van der Waals surface area contributed by atoms with Gasteiger partial charge in [0.1, 0.15) is 0 Å². The van der Waals surface area contributed by atoms with E-state index in [-0.39, 0.29) is 0 Å². The first-order valence-corrected chi connectivity index (χ1v) is 6.04. The van der Waals surface area contributed by atoms with Crippen molar-refractivity contribution in [1.29, 1.82) is 0 Å². The van der Waals surface area contributed by atoms with Crippen molar-refractivity contribution in [2.45, 2.75) is 20.4 Å². The van der Waals surface area contributed by atoms with Crippen LogP contribution in [0.2, 0.25) is 0 Å². The van der Waals surface area contributed by atoms with E-state index in [2.05, 4.69) is 22.3 Å². The summed E-state index contributed by atoms with van der Waals surface area (Å²) >= 11 is 0. The lowest BCUT2D eigenvalue weighted by atomic mass is 9.94. The van der Waals surface area contributed by atoms with Gasteiger partial charge in [-0.05, 0) is 25.5 Å². The van der Waals surface area contributed by atoms with Gasteiger partial charge in [-0.25, -0.2) is 0 Å². The zero-order valence-electron chi connectivity index (χ0n) is 11.5. The molecule has 0 saturated carbocycles. The Kier molecular flexibility index (Phi) is 4.73. The van der Waals surface area contributed by atoms with E-state index in [1.54, 1.807) is 13.8 Å². The maximum atomic E-state index is 11.0. The maximum Gasteiger partial charge on any atom is 0.310 e. The van der Waals surface area contributed by atoms with E-state index in [0.29, 0.717) is 13.1 Å². The van der Waals surface area contributed by atoms with Gasteiger partial charge in [0.25, 0.3) is 0 Å². The van der Waals surface area contributed by atoms with E-state index < -0.39 is 11.4 Å². The molecule has 0 spiro atoms. The molecular weight excluding hydrogens is 228 g/mol. The summed E-state index contributed by atoms with van der Waals surface area (Å²) in [5, 5.41) is 12.2. The van der Waals surface area contributed by atoms with Crippen LogP contribution in [-0.2, 0) is 11.3 Å². The van der Waals surface area contributed by atoms with Crippen LogP contribution in [0.1, 0.15) is 19.4 Å². The number of para-hydroxylation sites is 1. The predicted octanol–water partition coefficient (Wildman–Crippen LogP) is 1.95. The van der Waals surface area contributed by atoms with Crippen molar-refractivity contribution < 1.29 is 9.90 Å². The summed E-state index contributed by atoms with van der Waals surface area (Å²) in [5.74, 6) is -0.782. The normalized spacial score (nSPS) is 11.3. The van der Waals surface area contributed by atoms with Gasteiger partial charge < -0.3 is 15.3 Å². The lowest BCUT2D eigenvalue weighted by Gasteiger charge is -2.21.